The van der Waals surface area contributed by atoms with Crippen molar-refractivity contribution in [2.75, 3.05) is 0 Å². The van der Waals surface area contributed by atoms with Crippen LogP contribution in [0, 0.1) is 0 Å². The number of benzene rings is 2. The third-order valence-electron chi connectivity index (χ3n) is 5.77. The number of nitrogens with zero attached hydrogens (tertiary/aromatic N) is 1. The van der Waals surface area contributed by atoms with Crippen molar-refractivity contribution in [3.63, 3.8) is 0 Å². The van der Waals surface area contributed by atoms with Crippen LogP contribution < -0.4 is 16.6 Å². The van der Waals surface area contributed by atoms with Gasteiger partial charge in [0.2, 0.25) is 5.91 Å². The van der Waals surface area contributed by atoms with Crippen LogP contribution in [0.25, 0.3) is 15.9 Å². The van der Waals surface area contributed by atoms with Gasteiger partial charge in [-0.05, 0) is 59.5 Å². The molecule has 2 N–H and O–H groups in total. The molecule has 0 fully saturated rings. The number of nitrogens with one attached hydrogen (secondary N) is 2. The van der Waals surface area contributed by atoms with Crippen molar-refractivity contribution in [3.8, 4) is 5.69 Å². The molecule has 1 amide bonds. The molecule has 0 spiro atoms. The average molecular weight is 432 g/mol. The van der Waals surface area contributed by atoms with Gasteiger partial charge in [0.1, 0.15) is 4.70 Å². The number of thiophene rings is 1. The first kappa shape index (κ1) is 19.5. The molecule has 6 nitrogen and oxygen atoms in total. The van der Waals surface area contributed by atoms with E-state index in [0.29, 0.717) is 15.9 Å². The highest BCUT2D eigenvalue weighted by atomic mass is 32.1. The Morgan fingerprint density at radius 1 is 1.10 bits per heavy atom. The number of aromatic nitrogens is 2. The van der Waals surface area contributed by atoms with E-state index in [2.05, 4.69) is 22.4 Å². The highest BCUT2D eigenvalue weighted by Gasteiger charge is 2.21. The number of carbonyl (C=O) groups excluding carboxylic acids is 1. The number of hydrogen-bond acceptors (Lipinski definition) is 4. The van der Waals surface area contributed by atoms with Crippen LogP contribution in [0.4, 0.5) is 0 Å². The Morgan fingerprint density at radius 3 is 2.74 bits per heavy atom. The second kappa shape index (κ2) is 8.00. The summed E-state index contributed by atoms with van der Waals surface area (Å²) in [5, 5.41) is 4.93. The van der Waals surface area contributed by atoms with E-state index in [1.165, 1.54) is 22.5 Å². The van der Waals surface area contributed by atoms with Gasteiger partial charge < -0.3 is 10.3 Å². The first-order valence-corrected chi connectivity index (χ1v) is 11.2. The first-order chi connectivity index (χ1) is 15.1. The molecule has 1 aliphatic rings. The molecule has 7 heteroatoms. The Balaban J connectivity index is 1.33. The average Bonchev–Trinajstić information content (AvgIpc) is 3.24. The fraction of sp³-hybridized carbons (Fsp3) is 0.208. The minimum absolute atomic E-state index is 0.0375. The van der Waals surface area contributed by atoms with Gasteiger partial charge in [-0.3, -0.25) is 9.59 Å². The maximum atomic E-state index is 12.7. The van der Waals surface area contributed by atoms with Crippen molar-refractivity contribution in [2.24, 2.45) is 0 Å². The number of amides is 1. The lowest BCUT2D eigenvalue weighted by Gasteiger charge is -2.26. The maximum absolute atomic E-state index is 12.7. The van der Waals surface area contributed by atoms with Gasteiger partial charge in [-0.25, -0.2) is 9.36 Å². The molecule has 0 bridgehead atoms. The predicted molar refractivity (Wildman–Crippen MR) is 122 cm³/mol. The summed E-state index contributed by atoms with van der Waals surface area (Å²) in [6, 6.07) is 17.0. The van der Waals surface area contributed by atoms with Crippen LogP contribution >= 0.6 is 11.3 Å². The molecule has 0 radical (unpaired) electrons. The number of aryl methyl sites for hydroxylation is 1. The fourth-order valence-electron chi connectivity index (χ4n) is 4.27. The van der Waals surface area contributed by atoms with Gasteiger partial charge >= 0.3 is 5.69 Å². The summed E-state index contributed by atoms with van der Waals surface area (Å²) in [4.78, 5) is 40.5. The monoisotopic (exact) mass is 431 g/mol. The molecule has 4 aromatic rings. The van der Waals surface area contributed by atoms with Crippen molar-refractivity contribution in [2.45, 2.75) is 31.7 Å². The molecule has 2 heterocycles. The van der Waals surface area contributed by atoms with Gasteiger partial charge in [-0.2, -0.15) is 0 Å². The van der Waals surface area contributed by atoms with Crippen LogP contribution in [0.2, 0.25) is 0 Å². The molecule has 0 saturated carbocycles. The lowest BCUT2D eigenvalue weighted by atomic mass is 9.87. The molecular formula is C24H21N3O3S. The Kier molecular flexibility index (Phi) is 5.03. The van der Waals surface area contributed by atoms with Crippen molar-refractivity contribution < 1.29 is 4.79 Å². The summed E-state index contributed by atoms with van der Waals surface area (Å²) in [5.74, 6) is -0.0375. The Bertz CT molecular complexity index is 1380. The normalized spacial score (nSPS) is 15.5. The van der Waals surface area contributed by atoms with Crippen molar-refractivity contribution in [1.82, 2.24) is 14.9 Å². The molecule has 0 unspecified atom stereocenters. The van der Waals surface area contributed by atoms with Crippen molar-refractivity contribution in [1.29, 1.82) is 0 Å². The SMILES string of the molecule is O=C(Cc1ccc(-n2c(=O)[nH]c3ccsc3c2=O)cc1)N[C@@H]1CCCc2ccccc21. The van der Waals surface area contributed by atoms with Gasteiger partial charge in [-0.1, -0.05) is 36.4 Å². The topological polar surface area (TPSA) is 84.0 Å². The second-order valence-corrected chi connectivity index (χ2v) is 8.70. The Labute approximate surface area is 182 Å². The lowest BCUT2D eigenvalue weighted by molar-refractivity contribution is -0.121. The van der Waals surface area contributed by atoms with Gasteiger partial charge in [0.05, 0.1) is 23.7 Å². The van der Waals surface area contributed by atoms with E-state index < -0.39 is 5.69 Å². The smallest absolute Gasteiger partial charge is 0.333 e. The standard InChI is InChI=1S/C24H21N3O3S/c28-21(25-19-7-3-5-16-4-1-2-6-18(16)19)14-15-8-10-17(11-9-15)27-23(29)22-20(12-13-31-22)26-24(27)30/h1-2,4,6,8-13,19H,3,5,7,14H2,(H,25,28)(H,26,30)/t19-/m1/s1. The number of aromatic amines is 1. The summed E-state index contributed by atoms with van der Waals surface area (Å²) in [7, 11) is 0. The van der Waals surface area contributed by atoms with E-state index in [1.807, 2.05) is 12.1 Å². The number of H-pyrrole nitrogens is 1. The largest absolute Gasteiger partial charge is 0.349 e. The first-order valence-electron chi connectivity index (χ1n) is 10.3. The van der Waals surface area contributed by atoms with Gasteiger partial charge in [0, 0.05) is 0 Å². The Morgan fingerprint density at radius 2 is 1.90 bits per heavy atom. The van der Waals surface area contributed by atoms with Crippen LogP contribution in [-0.2, 0) is 17.6 Å². The predicted octanol–water partition coefficient (Wildman–Crippen LogP) is 3.48. The number of hydrogen-bond donors (Lipinski definition) is 2. The van der Waals surface area contributed by atoms with Gasteiger partial charge in [-0.15, -0.1) is 11.3 Å². The van der Waals surface area contributed by atoms with Crippen LogP contribution in [-0.4, -0.2) is 15.5 Å². The molecule has 0 aliphatic heterocycles. The summed E-state index contributed by atoms with van der Waals surface area (Å²) >= 11 is 1.30. The Hall–Kier alpha value is -3.45. The quantitative estimate of drug-likeness (QED) is 0.519. The molecule has 1 atom stereocenters. The molecule has 0 saturated heterocycles. The minimum atomic E-state index is -0.475. The number of fused-ring (bicyclic) bond motifs is 2. The van der Waals surface area contributed by atoms with E-state index in [9.17, 15) is 14.4 Å². The maximum Gasteiger partial charge on any atom is 0.333 e. The van der Waals surface area contributed by atoms with E-state index in [4.69, 9.17) is 0 Å². The van der Waals surface area contributed by atoms with E-state index in [0.717, 1.165) is 29.4 Å². The molecule has 31 heavy (non-hydrogen) atoms. The fourth-order valence-corrected chi connectivity index (χ4v) is 5.05. The molecule has 2 aromatic heterocycles. The molecule has 156 valence electrons. The zero-order chi connectivity index (χ0) is 21.4. The molecule has 5 rings (SSSR count). The van der Waals surface area contributed by atoms with Crippen LogP contribution in [0.15, 0.2) is 69.6 Å². The number of carbonyl (C=O) groups is 1. The molecule has 1 aliphatic carbocycles. The van der Waals surface area contributed by atoms with E-state index in [1.54, 1.807) is 35.7 Å². The zero-order valence-corrected chi connectivity index (χ0v) is 17.6. The summed E-state index contributed by atoms with van der Waals surface area (Å²) < 4.78 is 1.64. The van der Waals surface area contributed by atoms with E-state index in [-0.39, 0.29) is 23.9 Å². The zero-order valence-electron chi connectivity index (χ0n) is 16.8. The van der Waals surface area contributed by atoms with Crippen LogP contribution in [0.5, 0.6) is 0 Å². The van der Waals surface area contributed by atoms with Crippen LogP contribution in [0.1, 0.15) is 35.6 Å². The highest BCUT2D eigenvalue weighted by Crippen LogP contribution is 2.29. The summed E-state index contributed by atoms with van der Waals surface area (Å²) in [5.41, 5.74) is 3.56. The second-order valence-electron chi connectivity index (χ2n) is 7.79. The summed E-state index contributed by atoms with van der Waals surface area (Å²) in [6.45, 7) is 0. The lowest BCUT2D eigenvalue weighted by Crippen LogP contribution is -2.33. The molecule has 2 aromatic carbocycles. The summed E-state index contributed by atoms with van der Waals surface area (Å²) in [6.07, 6.45) is 3.31. The molecular weight excluding hydrogens is 410 g/mol. The van der Waals surface area contributed by atoms with Gasteiger partial charge in [0.25, 0.3) is 5.56 Å². The van der Waals surface area contributed by atoms with Gasteiger partial charge in [0.15, 0.2) is 0 Å². The van der Waals surface area contributed by atoms with Crippen LogP contribution in [0.3, 0.4) is 0 Å². The third-order valence-corrected chi connectivity index (χ3v) is 6.67. The minimum Gasteiger partial charge on any atom is -0.349 e. The third kappa shape index (κ3) is 3.72. The number of rotatable bonds is 4. The van der Waals surface area contributed by atoms with Crippen molar-refractivity contribution in [3.05, 3.63) is 97.5 Å². The van der Waals surface area contributed by atoms with Crippen molar-refractivity contribution >= 4 is 27.5 Å². The highest BCUT2D eigenvalue weighted by molar-refractivity contribution is 7.17. The van der Waals surface area contributed by atoms with E-state index >= 15 is 0 Å².